The second-order valence-electron chi connectivity index (χ2n) is 1.91. The lowest BCUT2D eigenvalue weighted by atomic mass is 10.3. The van der Waals surface area contributed by atoms with Crippen LogP contribution in [0.1, 0.15) is 0 Å². The Bertz CT molecular complexity index is 275. The number of thioether (sulfide) groups is 1. The Balaban J connectivity index is 3.29. The number of rotatable bonds is 1. The van der Waals surface area contributed by atoms with E-state index < -0.39 is 0 Å². The maximum absolute atomic E-state index is 9.15. The Hall–Kier alpha value is -0.0500. The van der Waals surface area contributed by atoms with E-state index in [0.29, 0.717) is 14.9 Å². The van der Waals surface area contributed by atoms with E-state index in [4.69, 9.17) is 28.3 Å². The van der Waals surface area contributed by atoms with Crippen LogP contribution in [0.25, 0.3) is 0 Å². The fourth-order valence-electron chi connectivity index (χ4n) is 0.709. The Morgan fingerprint density at radius 3 is 2.45 bits per heavy atom. The van der Waals surface area contributed by atoms with Crippen molar-refractivity contribution in [3.8, 4) is 5.75 Å². The third-order valence-corrected chi connectivity index (χ3v) is 2.99. The molecule has 1 aromatic rings. The Kier molecular flexibility index (Phi) is 2.93. The molecule has 0 bridgehead atoms. The molecule has 60 valence electrons. The molecule has 0 aliphatic heterocycles. The molecule has 4 heteroatoms. The highest BCUT2D eigenvalue weighted by atomic mass is 35.5. The smallest absolute Gasteiger partial charge is 0.135 e. The first-order valence-corrected chi connectivity index (χ1v) is 4.86. The molecule has 0 heterocycles. The number of phenolic OH excluding ortho intramolecular Hbond substituents is 1. The van der Waals surface area contributed by atoms with Gasteiger partial charge in [0.05, 0.1) is 10.0 Å². The normalized spacial score (nSPS) is 10.1. The summed E-state index contributed by atoms with van der Waals surface area (Å²) in [7, 11) is 0. The fourth-order valence-corrected chi connectivity index (χ4v) is 2.09. The first kappa shape index (κ1) is 9.04. The van der Waals surface area contributed by atoms with Crippen molar-refractivity contribution in [3.05, 3.63) is 22.2 Å². The van der Waals surface area contributed by atoms with E-state index in [0.717, 1.165) is 0 Å². The van der Waals surface area contributed by atoms with E-state index in [1.165, 1.54) is 17.8 Å². The highest BCUT2D eigenvalue weighted by molar-refractivity contribution is 7.98. The molecule has 1 rings (SSSR count). The molecular formula is C7H6Cl2OS. The van der Waals surface area contributed by atoms with Gasteiger partial charge in [0.25, 0.3) is 0 Å². The summed E-state index contributed by atoms with van der Waals surface area (Å²) < 4.78 is 0. The topological polar surface area (TPSA) is 20.2 Å². The molecular weight excluding hydrogens is 203 g/mol. The average molecular weight is 209 g/mol. The minimum absolute atomic E-state index is 0.0698. The van der Waals surface area contributed by atoms with Crippen LogP contribution in [-0.2, 0) is 0 Å². The van der Waals surface area contributed by atoms with Gasteiger partial charge in [0.2, 0.25) is 0 Å². The first-order valence-electron chi connectivity index (χ1n) is 2.87. The number of aromatic hydroxyl groups is 1. The van der Waals surface area contributed by atoms with Crippen LogP contribution >= 0.6 is 35.0 Å². The summed E-state index contributed by atoms with van der Waals surface area (Å²) in [5.74, 6) is 0.0698. The molecule has 0 fully saturated rings. The molecule has 0 aromatic heterocycles. The van der Waals surface area contributed by atoms with Crippen molar-refractivity contribution in [3.63, 3.8) is 0 Å². The molecule has 0 unspecified atom stereocenters. The van der Waals surface area contributed by atoms with Crippen LogP contribution in [0.4, 0.5) is 0 Å². The Morgan fingerprint density at radius 1 is 1.36 bits per heavy atom. The molecule has 0 radical (unpaired) electrons. The lowest BCUT2D eigenvalue weighted by Crippen LogP contribution is -1.76. The number of phenols is 1. The van der Waals surface area contributed by atoms with Gasteiger partial charge in [-0.3, -0.25) is 0 Å². The summed E-state index contributed by atoms with van der Waals surface area (Å²) in [5.41, 5.74) is 0. The third-order valence-electron chi connectivity index (χ3n) is 1.23. The van der Waals surface area contributed by atoms with Crippen LogP contribution in [0.5, 0.6) is 5.75 Å². The zero-order chi connectivity index (χ0) is 8.43. The summed E-state index contributed by atoms with van der Waals surface area (Å²) in [6.45, 7) is 0. The Morgan fingerprint density at radius 2 is 2.00 bits per heavy atom. The van der Waals surface area contributed by atoms with Crippen LogP contribution in [0, 0.1) is 0 Å². The van der Waals surface area contributed by atoms with Gasteiger partial charge in [0, 0.05) is 4.90 Å². The molecule has 1 aromatic carbocycles. The summed E-state index contributed by atoms with van der Waals surface area (Å²) in [5, 5.41) is 10.0. The van der Waals surface area contributed by atoms with E-state index in [-0.39, 0.29) is 5.75 Å². The van der Waals surface area contributed by atoms with Crippen molar-refractivity contribution in [2.45, 2.75) is 4.90 Å². The quantitative estimate of drug-likeness (QED) is 0.715. The predicted octanol–water partition coefficient (Wildman–Crippen LogP) is 3.42. The van der Waals surface area contributed by atoms with Crippen molar-refractivity contribution in [2.75, 3.05) is 6.26 Å². The molecule has 0 saturated carbocycles. The molecule has 0 aliphatic carbocycles. The SMILES string of the molecule is CSc1c(Cl)ccc(O)c1Cl. The van der Waals surface area contributed by atoms with E-state index in [1.54, 1.807) is 6.07 Å². The monoisotopic (exact) mass is 208 g/mol. The number of hydrogen-bond donors (Lipinski definition) is 1. The zero-order valence-corrected chi connectivity index (χ0v) is 8.09. The lowest BCUT2D eigenvalue weighted by Gasteiger charge is -2.03. The standard InChI is InChI=1S/C7H6Cl2OS/c1-11-7-4(8)2-3-5(10)6(7)9/h2-3,10H,1H3. The van der Waals surface area contributed by atoms with Crippen LogP contribution in [0.15, 0.2) is 17.0 Å². The van der Waals surface area contributed by atoms with Crippen LogP contribution in [0.3, 0.4) is 0 Å². The largest absolute Gasteiger partial charge is 0.506 e. The Labute approximate surface area is 79.3 Å². The maximum atomic E-state index is 9.15. The molecule has 1 N–H and O–H groups in total. The van der Waals surface area contributed by atoms with E-state index in [1.807, 2.05) is 6.26 Å². The minimum atomic E-state index is 0.0698. The second kappa shape index (κ2) is 3.57. The van der Waals surface area contributed by atoms with Gasteiger partial charge >= 0.3 is 0 Å². The van der Waals surface area contributed by atoms with Gasteiger partial charge in [0.1, 0.15) is 5.75 Å². The van der Waals surface area contributed by atoms with Gasteiger partial charge in [0.15, 0.2) is 0 Å². The van der Waals surface area contributed by atoms with Crippen LogP contribution < -0.4 is 0 Å². The van der Waals surface area contributed by atoms with Crippen LogP contribution in [-0.4, -0.2) is 11.4 Å². The molecule has 0 amide bonds. The average Bonchev–Trinajstić information content (AvgIpc) is 1.99. The van der Waals surface area contributed by atoms with Gasteiger partial charge in [-0.25, -0.2) is 0 Å². The summed E-state index contributed by atoms with van der Waals surface area (Å²) in [6, 6.07) is 3.10. The van der Waals surface area contributed by atoms with E-state index in [2.05, 4.69) is 0 Å². The van der Waals surface area contributed by atoms with Crippen molar-refractivity contribution in [1.29, 1.82) is 0 Å². The zero-order valence-electron chi connectivity index (χ0n) is 5.77. The molecule has 11 heavy (non-hydrogen) atoms. The van der Waals surface area contributed by atoms with Gasteiger partial charge in [-0.1, -0.05) is 23.2 Å². The summed E-state index contributed by atoms with van der Waals surface area (Å²) in [6.07, 6.45) is 1.85. The molecule has 0 aliphatic rings. The van der Waals surface area contributed by atoms with Gasteiger partial charge < -0.3 is 5.11 Å². The summed E-state index contributed by atoms with van der Waals surface area (Å²) >= 11 is 12.9. The van der Waals surface area contributed by atoms with Crippen LogP contribution in [0.2, 0.25) is 10.0 Å². The molecule has 1 nitrogen and oxygen atoms in total. The predicted molar refractivity (Wildman–Crippen MR) is 49.9 cm³/mol. The van der Waals surface area contributed by atoms with Crippen molar-refractivity contribution in [2.24, 2.45) is 0 Å². The highest BCUT2D eigenvalue weighted by Crippen LogP contribution is 2.37. The van der Waals surface area contributed by atoms with Crippen molar-refractivity contribution < 1.29 is 5.11 Å². The fraction of sp³-hybridized carbons (Fsp3) is 0.143. The van der Waals surface area contributed by atoms with Crippen molar-refractivity contribution >= 4 is 35.0 Å². The van der Waals surface area contributed by atoms with Gasteiger partial charge in [-0.15, -0.1) is 11.8 Å². The number of halogens is 2. The van der Waals surface area contributed by atoms with E-state index >= 15 is 0 Å². The lowest BCUT2D eigenvalue weighted by molar-refractivity contribution is 0.474. The number of hydrogen-bond acceptors (Lipinski definition) is 2. The first-order chi connectivity index (χ1) is 5.16. The number of benzene rings is 1. The second-order valence-corrected chi connectivity index (χ2v) is 3.52. The van der Waals surface area contributed by atoms with E-state index in [9.17, 15) is 0 Å². The summed E-state index contributed by atoms with van der Waals surface area (Å²) in [4.78, 5) is 0.716. The molecule has 0 spiro atoms. The molecule has 0 atom stereocenters. The maximum Gasteiger partial charge on any atom is 0.135 e. The molecule has 0 saturated heterocycles. The van der Waals surface area contributed by atoms with Crippen molar-refractivity contribution in [1.82, 2.24) is 0 Å². The minimum Gasteiger partial charge on any atom is -0.506 e. The highest BCUT2D eigenvalue weighted by Gasteiger charge is 2.07. The third kappa shape index (κ3) is 1.75. The van der Waals surface area contributed by atoms with Gasteiger partial charge in [-0.05, 0) is 18.4 Å². The van der Waals surface area contributed by atoms with Gasteiger partial charge in [-0.2, -0.15) is 0 Å².